The van der Waals surface area contributed by atoms with Crippen LogP contribution in [0.3, 0.4) is 0 Å². The molecule has 3 amide bonds. The number of carbonyl (C=O) groups is 3. The number of carbonyl (C=O) groups excluding carboxylic acids is 3. The second-order valence-corrected chi connectivity index (χ2v) is 7.37. The summed E-state index contributed by atoms with van der Waals surface area (Å²) in [4.78, 5) is 35.6. The van der Waals surface area contributed by atoms with Crippen LogP contribution in [0.2, 0.25) is 0 Å². The largest absolute Gasteiger partial charge is 0.352 e. The van der Waals surface area contributed by atoms with Gasteiger partial charge < -0.3 is 16.0 Å². The summed E-state index contributed by atoms with van der Waals surface area (Å²) in [5.74, 6) is -0.213. The smallest absolute Gasteiger partial charge is 0.252 e. The van der Waals surface area contributed by atoms with Gasteiger partial charge in [0.1, 0.15) is 0 Å². The first-order valence-corrected chi connectivity index (χ1v) is 10.0. The molecule has 3 rings (SSSR count). The fourth-order valence-electron chi connectivity index (χ4n) is 2.51. The Kier molecular flexibility index (Phi) is 6.59. The molecule has 0 spiro atoms. The van der Waals surface area contributed by atoms with E-state index in [1.54, 1.807) is 23.6 Å². The topological polar surface area (TPSA) is 87.3 Å². The predicted octanol–water partition coefficient (Wildman–Crippen LogP) is 2.47. The summed E-state index contributed by atoms with van der Waals surface area (Å²) in [5, 5.41) is 12.3. The van der Waals surface area contributed by atoms with Gasteiger partial charge in [0.25, 0.3) is 11.8 Å². The van der Waals surface area contributed by atoms with Gasteiger partial charge in [-0.15, -0.1) is 0 Å². The lowest BCUT2D eigenvalue weighted by Crippen LogP contribution is -2.27. The zero-order valence-corrected chi connectivity index (χ0v) is 15.8. The van der Waals surface area contributed by atoms with E-state index < -0.39 is 0 Å². The number of thiophene rings is 1. The van der Waals surface area contributed by atoms with Crippen LogP contribution in [0.15, 0.2) is 41.1 Å². The average Bonchev–Trinajstić information content (AvgIpc) is 3.31. The Balaban J connectivity index is 1.31. The number of nitrogens with one attached hydrogen (secondary N) is 3. The Hall–Kier alpha value is -2.67. The van der Waals surface area contributed by atoms with Gasteiger partial charge in [-0.1, -0.05) is 12.1 Å². The van der Waals surface area contributed by atoms with Gasteiger partial charge in [-0.25, -0.2) is 0 Å². The Morgan fingerprint density at radius 2 is 1.74 bits per heavy atom. The van der Waals surface area contributed by atoms with Crippen LogP contribution in [-0.2, 0) is 11.3 Å². The maximum Gasteiger partial charge on any atom is 0.252 e. The standard InChI is InChI=1S/C20H23N3O3S/c24-18(2-1-10-21-19(25)16-9-11-27-13-16)22-12-14-3-5-15(6-4-14)20(26)23-17-7-8-17/h3-6,9,11,13,17H,1-2,7-8,10,12H2,(H,21,25)(H,22,24)(H,23,26). The minimum absolute atomic E-state index is 0.0439. The van der Waals surface area contributed by atoms with Crippen molar-refractivity contribution < 1.29 is 14.4 Å². The second kappa shape index (κ2) is 9.32. The normalized spacial score (nSPS) is 13.0. The molecule has 0 aliphatic heterocycles. The van der Waals surface area contributed by atoms with E-state index in [0.29, 0.717) is 43.1 Å². The molecule has 2 aromatic rings. The molecule has 0 radical (unpaired) electrons. The van der Waals surface area contributed by atoms with E-state index in [1.807, 2.05) is 17.5 Å². The van der Waals surface area contributed by atoms with Gasteiger partial charge in [0, 0.05) is 42.1 Å². The van der Waals surface area contributed by atoms with Crippen LogP contribution in [-0.4, -0.2) is 30.3 Å². The minimum atomic E-state index is -0.109. The van der Waals surface area contributed by atoms with Crippen molar-refractivity contribution >= 4 is 29.1 Å². The molecule has 27 heavy (non-hydrogen) atoms. The Bertz CT molecular complexity index is 783. The molecular weight excluding hydrogens is 362 g/mol. The molecule has 1 aliphatic carbocycles. The first kappa shape index (κ1) is 19.1. The molecule has 1 fully saturated rings. The molecular formula is C20H23N3O3S. The van der Waals surface area contributed by atoms with Crippen LogP contribution < -0.4 is 16.0 Å². The monoisotopic (exact) mass is 385 g/mol. The van der Waals surface area contributed by atoms with Crippen molar-refractivity contribution in [3.05, 3.63) is 57.8 Å². The van der Waals surface area contributed by atoms with E-state index in [1.165, 1.54) is 11.3 Å². The van der Waals surface area contributed by atoms with Gasteiger partial charge in [0.05, 0.1) is 0 Å². The number of rotatable bonds is 9. The highest BCUT2D eigenvalue weighted by Crippen LogP contribution is 2.19. The van der Waals surface area contributed by atoms with Gasteiger partial charge >= 0.3 is 0 Å². The second-order valence-electron chi connectivity index (χ2n) is 6.59. The van der Waals surface area contributed by atoms with Crippen molar-refractivity contribution in [2.45, 2.75) is 38.3 Å². The van der Waals surface area contributed by atoms with Crippen LogP contribution in [0.4, 0.5) is 0 Å². The zero-order chi connectivity index (χ0) is 19.1. The minimum Gasteiger partial charge on any atom is -0.352 e. The lowest BCUT2D eigenvalue weighted by atomic mass is 10.1. The van der Waals surface area contributed by atoms with E-state index in [-0.39, 0.29) is 17.7 Å². The highest BCUT2D eigenvalue weighted by molar-refractivity contribution is 7.08. The van der Waals surface area contributed by atoms with Crippen LogP contribution in [0.5, 0.6) is 0 Å². The zero-order valence-electron chi connectivity index (χ0n) is 15.0. The summed E-state index contributed by atoms with van der Waals surface area (Å²) >= 11 is 1.48. The van der Waals surface area contributed by atoms with Gasteiger partial charge in [-0.2, -0.15) is 11.3 Å². The molecule has 1 aromatic carbocycles. The first-order valence-electron chi connectivity index (χ1n) is 9.09. The van der Waals surface area contributed by atoms with E-state index in [4.69, 9.17) is 0 Å². The molecule has 0 unspecified atom stereocenters. The van der Waals surface area contributed by atoms with E-state index >= 15 is 0 Å². The molecule has 0 bridgehead atoms. The van der Waals surface area contributed by atoms with Crippen molar-refractivity contribution in [2.24, 2.45) is 0 Å². The molecule has 1 aromatic heterocycles. The summed E-state index contributed by atoms with van der Waals surface area (Å²) in [6.45, 7) is 0.886. The molecule has 142 valence electrons. The van der Waals surface area contributed by atoms with E-state index in [0.717, 1.165) is 18.4 Å². The number of hydrogen-bond donors (Lipinski definition) is 3. The average molecular weight is 385 g/mol. The lowest BCUT2D eigenvalue weighted by Gasteiger charge is -2.08. The molecule has 3 N–H and O–H groups in total. The van der Waals surface area contributed by atoms with Gasteiger partial charge in [0.2, 0.25) is 5.91 Å². The third kappa shape index (κ3) is 6.21. The van der Waals surface area contributed by atoms with Crippen molar-refractivity contribution in [2.75, 3.05) is 6.54 Å². The summed E-state index contributed by atoms with van der Waals surface area (Å²) in [7, 11) is 0. The summed E-state index contributed by atoms with van der Waals surface area (Å²) in [6.07, 6.45) is 3.06. The molecule has 6 nitrogen and oxygen atoms in total. The summed E-state index contributed by atoms with van der Waals surface area (Å²) in [6, 6.07) is 9.37. The van der Waals surface area contributed by atoms with Gasteiger partial charge in [-0.3, -0.25) is 14.4 Å². The van der Waals surface area contributed by atoms with Crippen LogP contribution in [0.1, 0.15) is 52.0 Å². The maximum absolute atomic E-state index is 11.9. The molecule has 1 aliphatic rings. The lowest BCUT2D eigenvalue weighted by molar-refractivity contribution is -0.121. The number of hydrogen-bond acceptors (Lipinski definition) is 4. The summed E-state index contributed by atoms with van der Waals surface area (Å²) in [5.41, 5.74) is 2.23. The fraction of sp³-hybridized carbons (Fsp3) is 0.350. The fourth-order valence-corrected chi connectivity index (χ4v) is 3.14. The van der Waals surface area contributed by atoms with Crippen molar-refractivity contribution in [3.8, 4) is 0 Å². The van der Waals surface area contributed by atoms with E-state index in [2.05, 4.69) is 16.0 Å². The molecule has 0 atom stereocenters. The Morgan fingerprint density at radius 3 is 2.41 bits per heavy atom. The molecule has 1 heterocycles. The Morgan fingerprint density at radius 1 is 0.963 bits per heavy atom. The first-order chi connectivity index (χ1) is 13.1. The highest BCUT2D eigenvalue weighted by atomic mass is 32.1. The number of benzene rings is 1. The third-order valence-electron chi connectivity index (χ3n) is 4.27. The highest BCUT2D eigenvalue weighted by Gasteiger charge is 2.23. The Labute approximate surface area is 162 Å². The van der Waals surface area contributed by atoms with Gasteiger partial charge in [-0.05, 0) is 48.4 Å². The predicted molar refractivity (Wildman–Crippen MR) is 105 cm³/mol. The van der Waals surface area contributed by atoms with Crippen LogP contribution in [0.25, 0.3) is 0 Å². The SMILES string of the molecule is O=C(CCCNC(=O)c1ccsc1)NCc1ccc(C(=O)NC2CC2)cc1. The van der Waals surface area contributed by atoms with Crippen LogP contribution in [0, 0.1) is 0 Å². The number of amides is 3. The van der Waals surface area contributed by atoms with E-state index in [9.17, 15) is 14.4 Å². The quantitative estimate of drug-likeness (QED) is 0.580. The molecule has 0 saturated heterocycles. The van der Waals surface area contributed by atoms with Gasteiger partial charge in [0.15, 0.2) is 0 Å². The third-order valence-corrected chi connectivity index (χ3v) is 4.95. The summed E-state index contributed by atoms with van der Waals surface area (Å²) < 4.78 is 0. The van der Waals surface area contributed by atoms with Crippen LogP contribution >= 0.6 is 11.3 Å². The van der Waals surface area contributed by atoms with Crippen molar-refractivity contribution in [1.29, 1.82) is 0 Å². The molecule has 7 heteroatoms. The maximum atomic E-state index is 11.9. The van der Waals surface area contributed by atoms with Crippen molar-refractivity contribution in [1.82, 2.24) is 16.0 Å². The van der Waals surface area contributed by atoms with Crippen molar-refractivity contribution in [3.63, 3.8) is 0 Å². The molecule has 1 saturated carbocycles.